The molecule has 0 bridgehead atoms. The molecule has 7 heteroatoms. The molecular formula is C15H19N3O3S. The molecule has 22 heavy (non-hydrogen) atoms. The van der Waals surface area contributed by atoms with Crippen LogP contribution in [-0.4, -0.2) is 47.6 Å². The van der Waals surface area contributed by atoms with Gasteiger partial charge in [-0.3, -0.25) is 4.90 Å². The molecule has 0 saturated carbocycles. The molecular weight excluding hydrogens is 302 g/mol. The molecule has 1 saturated heterocycles. The Morgan fingerprint density at radius 2 is 2.09 bits per heavy atom. The second-order valence-electron chi connectivity index (χ2n) is 5.50. The van der Waals surface area contributed by atoms with Gasteiger partial charge < -0.3 is 4.52 Å². The predicted octanol–water partition coefficient (Wildman–Crippen LogP) is 1.75. The van der Waals surface area contributed by atoms with Crippen LogP contribution < -0.4 is 0 Å². The molecule has 3 rings (SSSR count). The lowest BCUT2D eigenvalue weighted by Crippen LogP contribution is -2.35. The highest BCUT2D eigenvalue weighted by atomic mass is 32.2. The molecule has 2 heterocycles. The van der Waals surface area contributed by atoms with Crippen LogP contribution in [0.1, 0.15) is 19.2 Å². The molecule has 1 aliphatic rings. The van der Waals surface area contributed by atoms with Crippen molar-refractivity contribution < 1.29 is 12.9 Å². The molecule has 1 fully saturated rings. The van der Waals surface area contributed by atoms with Crippen molar-refractivity contribution in [1.29, 1.82) is 0 Å². The summed E-state index contributed by atoms with van der Waals surface area (Å²) in [4.78, 5) is 6.51. The van der Waals surface area contributed by atoms with E-state index in [1.54, 1.807) is 0 Å². The van der Waals surface area contributed by atoms with Crippen LogP contribution in [0, 0.1) is 0 Å². The summed E-state index contributed by atoms with van der Waals surface area (Å²) in [6.45, 7) is 3.28. The van der Waals surface area contributed by atoms with Crippen LogP contribution >= 0.6 is 0 Å². The molecule has 0 radical (unpaired) electrons. The number of hydrogen-bond acceptors (Lipinski definition) is 6. The first-order chi connectivity index (χ1) is 10.6. The zero-order chi connectivity index (χ0) is 15.6. The van der Waals surface area contributed by atoms with Crippen LogP contribution in [0.15, 0.2) is 34.9 Å². The van der Waals surface area contributed by atoms with E-state index in [1.165, 1.54) is 0 Å². The second-order valence-corrected chi connectivity index (χ2v) is 7.73. The van der Waals surface area contributed by atoms with Crippen molar-refractivity contribution in [1.82, 2.24) is 15.0 Å². The van der Waals surface area contributed by atoms with Gasteiger partial charge in [0.15, 0.2) is 15.7 Å². The zero-order valence-electron chi connectivity index (χ0n) is 12.5. The number of sulfone groups is 1. The van der Waals surface area contributed by atoms with Crippen LogP contribution in [0.3, 0.4) is 0 Å². The topological polar surface area (TPSA) is 76.3 Å². The Labute approximate surface area is 130 Å². The largest absolute Gasteiger partial charge is 0.334 e. The van der Waals surface area contributed by atoms with E-state index in [9.17, 15) is 8.42 Å². The quantitative estimate of drug-likeness (QED) is 0.835. The Morgan fingerprint density at radius 3 is 2.73 bits per heavy atom. The van der Waals surface area contributed by atoms with Crippen molar-refractivity contribution in [2.75, 3.05) is 18.1 Å². The normalized spacial score (nSPS) is 20.5. The summed E-state index contributed by atoms with van der Waals surface area (Å²) in [5.74, 6) is 1.58. The lowest BCUT2D eigenvalue weighted by atomic mass is 10.2. The summed E-state index contributed by atoms with van der Waals surface area (Å²) < 4.78 is 28.5. The van der Waals surface area contributed by atoms with E-state index in [2.05, 4.69) is 15.0 Å². The van der Waals surface area contributed by atoms with Crippen molar-refractivity contribution in [3.8, 4) is 11.5 Å². The van der Waals surface area contributed by atoms with Gasteiger partial charge in [0.05, 0.1) is 18.1 Å². The molecule has 0 spiro atoms. The fourth-order valence-corrected chi connectivity index (χ4v) is 4.52. The summed E-state index contributed by atoms with van der Waals surface area (Å²) in [6, 6.07) is 9.65. The SMILES string of the molecule is CCN(Cc1noc(-c2ccccc2)n1)C1CCS(=O)(=O)C1. The van der Waals surface area contributed by atoms with Gasteiger partial charge in [-0.25, -0.2) is 8.42 Å². The van der Waals surface area contributed by atoms with Gasteiger partial charge in [0.2, 0.25) is 0 Å². The minimum absolute atomic E-state index is 0.0497. The van der Waals surface area contributed by atoms with Crippen LogP contribution in [0.25, 0.3) is 11.5 Å². The highest BCUT2D eigenvalue weighted by Crippen LogP contribution is 2.21. The van der Waals surface area contributed by atoms with Crippen LogP contribution in [0.5, 0.6) is 0 Å². The van der Waals surface area contributed by atoms with Crippen molar-refractivity contribution >= 4 is 9.84 Å². The Morgan fingerprint density at radius 1 is 1.32 bits per heavy atom. The highest BCUT2D eigenvalue weighted by molar-refractivity contribution is 7.91. The average molecular weight is 321 g/mol. The van der Waals surface area contributed by atoms with Crippen molar-refractivity contribution in [3.63, 3.8) is 0 Å². The van der Waals surface area contributed by atoms with Gasteiger partial charge >= 0.3 is 0 Å². The lowest BCUT2D eigenvalue weighted by molar-refractivity contribution is 0.207. The average Bonchev–Trinajstić information content (AvgIpc) is 3.12. The number of hydrogen-bond donors (Lipinski definition) is 0. The molecule has 1 aromatic carbocycles. The Kier molecular flexibility index (Phi) is 4.26. The minimum Gasteiger partial charge on any atom is -0.334 e. The molecule has 0 N–H and O–H groups in total. The maximum atomic E-state index is 11.6. The van der Waals surface area contributed by atoms with Crippen LogP contribution in [-0.2, 0) is 16.4 Å². The lowest BCUT2D eigenvalue weighted by Gasteiger charge is -2.24. The van der Waals surface area contributed by atoms with E-state index in [-0.39, 0.29) is 17.5 Å². The van der Waals surface area contributed by atoms with Gasteiger partial charge in [-0.2, -0.15) is 4.98 Å². The molecule has 2 aromatic rings. The first kappa shape index (κ1) is 15.2. The number of benzene rings is 1. The number of nitrogens with zero attached hydrogens (tertiary/aromatic N) is 3. The van der Waals surface area contributed by atoms with Crippen LogP contribution in [0.2, 0.25) is 0 Å². The van der Waals surface area contributed by atoms with E-state index in [0.29, 0.717) is 24.7 Å². The van der Waals surface area contributed by atoms with Crippen molar-refractivity contribution in [3.05, 3.63) is 36.2 Å². The highest BCUT2D eigenvalue weighted by Gasteiger charge is 2.32. The molecule has 1 aromatic heterocycles. The van der Waals surface area contributed by atoms with Gasteiger partial charge in [0, 0.05) is 11.6 Å². The van der Waals surface area contributed by atoms with Crippen LogP contribution in [0.4, 0.5) is 0 Å². The van der Waals surface area contributed by atoms with E-state index in [4.69, 9.17) is 4.52 Å². The third kappa shape index (κ3) is 3.36. The van der Waals surface area contributed by atoms with Gasteiger partial charge in [-0.05, 0) is 25.1 Å². The smallest absolute Gasteiger partial charge is 0.257 e. The summed E-state index contributed by atoms with van der Waals surface area (Å²) in [5.41, 5.74) is 0.882. The maximum Gasteiger partial charge on any atom is 0.257 e. The molecule has 118 valence electrons. The Balaban J connectivity index is 1.71. The molecule has 0 aliphatic carbocycles. The molecule has 1 unspecified atom stereocenters. The summed E-state index contributed by atoms with van der Waals surface area (Å²) in [5, 5.41) is 4.01. The van der Waals surface area contributed by atoms with Gasteiger partial charge in [-0.1, -0.05) is 30.3 Å². The molecule has 1 aliphatic heterocycles. The Bertz CT molecular complexity index is 728. The third-order valence-corrected chi connectivity index (χ3v) is 5.71. The fourth-order valence-electron chi connectivity index (χ4n) is 2.76. The monoisotopic (exact) mass is 321 g/mol. The second kappa shape index (κ2) is 6.18. The first-order valence-electron chi connectivity index (χ1n) is 7.40. The fraction of sp³-hybridized carbons (Fsp3) is 0.467. The van der Waals surface area contributed by atoms with E-state index < -0.39 is 9.84 Å². The molecule has 0 amide bonds. The number of rotatable bonds is 5. The minimum atomic E-state index is -2.89. The standard InChI is InChI=1S/C15H19N3O3S/c1-2-18(13-8-9-22(19,20)11-13)10-14-16-15(21-17-14)12-6-4-3-5-7-12/h3-7,13H,2,8-11H2,1H3. The summed E-state index contributed by atoms with van der Waals surface area (Å²) in [7, 11) is -2.89. The van der Waals surface area contributed by atoms with Gasteiger partial charge in [0.1, 0.15) is 0 Å². The third-order valence-electron chi connectivity index (χ3n) is 3.96. The van der Waals surface area contributed by atoms with Crippen molar-refractivity contribution in [2.45, 2.75) is 25.9 Å². The Hall–Kier alpha value is -1.73. The van der Waals surface area contributed by atoms with Crippen molar-refractivity contribution in [2.24, 2.45) is 0 Å². The molecule has 1 atom stereocenters. The van der Waals surface area contributed by atoms with E-state index in [1.807, 2.05) is 37.3 Å². The van der Waals surface area contributed by atoms with E-state index in [0.717, 1.165) is 12.1 Å². The summed E-state index contributed by atoms with van der Waals surface area (Å²) in [6.07, 6.45) is 0.680. The van der Waals surface area contributed by atoms with Gasteiger partial charge in [-0.15, -0.1) is 0 Å². The van der Waals surface area contributed by atoms with E-state index >= 15 is 0 Å². The zero-order valence-corrected chi connectivity index (χ0v) is 13.3. The van der Waals surface area contributed by atoms with Gasteiger partial charge in [0.25, 0.3) is 5.89 Å². The first-order valence-corrected chi connectivity index (χ1v) is 9.22. The predicted molar refractivity (Wildman–Crippen MR) is 82.9 cm³/mol. The summed E-state index contributed by atoms with van der Waals surface area (Å²) >= 11 is 0. The maximum absolute atomic E-state index is 11.6. The molecule has 6 nitrogen and oxygen atoms in total. The number of aromatic nitrogens is 2.